The molecule has 2 fully saturated rings. The summed E-state index contributed by atoms with van der Waals surface area (Å²) in [4.78, 5) is 36.5. The van der Waals surface area contributed by atoms with Crippen molar-refractivity contribution in [3.05, 3.63) is 58.2 Å². The summed E-state index contributed by atoms with van der Waals surface area (Å²) in [5.74, 6) is 0.382. The third-order valence-electron chi connectivity index (χ3n) is 6.87. The monoisotopic (exact) mass is 436 g/mol. The SMILES string of the molecule is Cc1cc(C)cc(C2(C(=O)N3CCC[C@@H](c4ncc(C(N)=O)c(C)n4)C3)CCOCC2)c1. The Bertz CT molecular complexity index is 1010. The molecule has 0 saturated carbocycles. The quantitative estimate of drug-likeness (QED) is 0.795. The van der Waals surface area contributed by atoms with E-state index in [1.807, 2.05) is 4.90 Å². The maximum Gasteiger partial charge on any atom is 0.252 e. The van der Waals surface area contributed by atoms with Gasteiger partial charge in [-0.3, -0.25) is 9.59 Å². The molecule has 7 heteroatoms. The molecule has 2 aromatic rings. The van der Waals surface area contributed by atoms with E-state index in [0.29, 0.717) is 49.7 Å². The second-order valence-electron chi connectivity index (χ2n) is 9.25. The Labute approximate surface area is 189 Å². The fourth-order valence-electron chi connectivity index (χ4n) is 5.20. The van der Waals surface area contributed by atoms with Crippen LogP contribution in [-0.2, 0) is 14.9 Å². The summed E-state index contributed by atoms with van der Waals surface area (Å²) < 4.78 is 5.65. The van der Waals surface area contributed by atoms with E-state index >= 15 is 0 Å². The van der Waals surface area contributed by atoms with Crippen molar-refractivity contribution in [2.75, 3.05) is 26.3 Å². The summed E-state index contributed by atoms with van der Waals surface area (Å²) in [6.07, 6.45) is 4.71. The van der Waals surface area contributed by atoms with Gasteiger partial charge in [0, 0.05) is 38.4 Å². The van der Waals surface area contributed by atoms with Crippen LogP contribution in [0.5, 0.6) is 0 Å². The average molecular weight is 437 g/mol. The van der Waals surface area contributed by atoms with E-state index in [0.717, 1.165) is 24.9 Å². The molecule has 4 rings (SSSR count). The fourth-order valence-corrected chi connectivity index (χ4v) is 5.20. The highest BCUT2D eigenvalue weighted by molar-refractivity contribution is 5.93. The number of aromatic nitrogens is 2. The molecule has 1 aromatic carbocycles. The minimum Gasteiger partial charge on any atom is -0.381 e. The van der Waals surface area contributed by atoms with Crippen molar-refractivity contribution < 1.29 is 14.3 Å². The number of likely N-dealkylation sites (tertiary alicyclic amines) is 1. The van der Waals surface area contributed by atoms with Gasteiger partial charge in [-0.1, -0.05) is 29.3 Å². The van der Waals surface area contributed by atoms with Gasteiger partial charge in [0.05, 0.1) is 16.7 Å². The Balaban J connectivity index is 1.62. The molecule has 2 aliphatic rings. The molecule has 0 unspecified atom stereocenters. The standard InChI is InChI=1S/C25H32N4O3/c1-16-11-17(2)13-20(12-16)25(6-9-32-10-7-25)24(31)29-8-4-5-19(15-29)23-27-14-21(22(26)30)18(3)28-23/h11-14,19H,4-10,15H2,1-3H3,(H2,26,30)/t19-/m1/s1. The van der Waals surface area contributed by atoms with Crippen LogP contribution in [0.3, 0.4) is 0 Å². The lowest BCUT2D eigenvalue weighted by Crippen LogP contribution is -2.52. The first-order chi connectivity index (χ1) is 15.3. The van der Waals surface area contributed by atoms with E-state index in [-0.39, 0.29) is 11.8 Å². The predicted molar refractivity (Wildman–Crippen MR) is 121 cm³/mol. The molecule has 1 aromatic heterocycles. The third-order valence-corrected chi connectivity index (χ3v) is 6.87. The minimum atomic E-state index is -0.552. The number of hydrogen-bond acceptors (Lipinski definition) is 5. The third kappa shape index (κ3) is 4.26. The van der Waals surface area contributed by atoms with Crippen molar-refractivity contribution in [2.45, 2.75) is 57.8 Å². The first kappa shape index (κ1) is 22.4. The lowest BCUT2D eigenvalue weighted by Gasteiger charge is -2.42. The molecule has 0 spiro atoms. The van der Waals surface area contributed by atoms with E-state index in [4.69, 9.17) is 10.5 Å². The zero-order valence-electron chi connectivity index (χ0n) is 19.2. The summed E-state index contributed by atoms with van der Waals surface area (Å²) in [6, 6.07) is 6.46. The van der Waals surface area contributed by atoms with Gasteiger partial charge in [0.25, 0.3) is 5.91 Å². The van der Waals surface area contributed by atoms with E-state index in [9.17, 15) is 9.59 Å². The zero-order valence-corrected chi connectivity index (χ0v) is 19.2. The molecule has 3 heterocycles. The zero-order chi connectivity index (χ0) is 22.9. The molecule has 7 nitrogen and oxygen atoms in total. The lowest BCUT2D eigenvalue weighted by molar-refractivity contribution is -0.142. The highest BCUT2D eigenvalue weighted by atomic mass is 16.5. The number of amides is 2. The number of carbonyl (C=O) groups is 2. The molecule has 170 valence electrons. The predicted octanol–water partition coefficient (Wildman–Crippen LogP) is 2.96. The van der Waals surface area contributed by atoms with Crippen LogP contribution in [0.4, 0.5) is 0 Å². The molecule has 32 heavy (non-hydrogen) atoms. The van der Waals surface area contributed by atoms with E-state index in [2.05, 4.69) is 42.0 Å². The van der Waals surface area contributed by atoms with Crippen LogP contribution in [0.2, 0.25) is 0 Å². The summed E-state index contributed by atoms with van der Waals surface area (Å²) in [5, 5.41) is 0. The van der Waals surface area contributed by atoms with Crippen LogP contribution in [0.25, 0.3) is 0 Å². The van der Waals surface area contributed by atoms with Gasteiger partial charge >= 0.3 is 0 Å². The first-order valence-electron chi connectivity index (χ1n) is 11.4. The Morgan fingerprint density at radius 3 is 2.44 bits per heavy atom. The number of nitrogens with two attached hydrogens (primary N) is 1. The number of hydrogen-bond donors (Lipinski definition) is 1. The number of nitrogens with zero attached hydrogens (tertiary/aromatic N) is 3. The number of carbonyl (C=O) groups excluding carboxylic acids is 2. The molecule has 1 atom stereocenters. The maximum atomic E-state index is 14.1. The lowest BCUT2D eigenvalue weighted by atomic mass is 9.72. The molecule has 0 bridgehead atoms. The number of primary amides is 1. The second kappa shape index (κ2) is 8.98. The molecule has 0 aliphatic carbocycles. The molecule has 2 saturated heterocycles. The second-order valence-corrected chi connectivity index (χ2v) is 9.25. The maximum absolute atomic E-state index is 14.1. The average Bonchev–Trinajstić information content (AvgIpc) is 2.78. The van der Waals surface area contributed by atoms with Crippen molar-refractivity contribution >= 4 is 11.8 Å². The van der Waals surface area contributed by atoms with Gasteiger partial charge < -0.3 is 15.4 Å². The molecular formula is C25H32N4O3. The van der Waals surface area contributed by atoms with Crippen LogP contribution in [0, 0.1) is 20.8 Å². The highest BCUT2D eigenvalue weighted by Crippen LogP contribution is 2.39. The van der Waals surface area contributed by atoms with Gasteiger partial charge in [-0.25, -0.2) is 9.97 Å². The Kier molecular flexibility index (Phi) is 6.29. The Hall–Kier alpha value is -2.80. The van der Waals surface area contributed by atoms with Crippen molar-refractivity contribution in [3.63, 3.8) is 0 Å². The molecular weight excluding hydrogens is 404 g/mol. The normalized spacial score (nSPS) is 20.7. The number of ether oxygens (including phenoxy) is 1. The molecule has 0 radical (unpaired) electrons. The number of rotatable bonds is 4. The van der Waals surface area contributed by atoms with Crippen LogP contribution >= 0.6 is 0 Å². The number of piperidine rings is 1. The summed E-state index contributed by atoms with van der Waals surface area (Å²) in [5.41, 5.74) is 9.22. The van der Waals surface area contributed by atoms with Crippen LogP contribution in [0.1, 0.15) is 70.2 Å². The van der Waals surface area contributed by atoms with Crippen LogP contribution in [0.15, 0.2) is 24.4 Å². The van der Waals surface area contributed by atoms with E-state index < -0.39 is 11.3 Å². The van der Waals surface area contributed by atoms with Gasteiger partial charge in [-0.2, -0.15) is 0 Å². The van der Waals surface area contributed by atoms with E-state index in [1.165, 1.54) is 17.3 Å². The molecule has 2 N–H and O–H groups in total. The first-order valence-corrected chi connectivity index (χ1v) is 11.4. The van der Waals surface area contributed by atoms with Crippen LogP contribution in [-0.4, -0.2) is 53.0 Å². The highest BCUT2D eigenvalue weighted by Gasteiger charge is 2.45. The smallest absolute Gasteiger partial charge is 0.252 e. The van der Waals surface area contributed by atoms with Crippen molar-refractivity contribution in [1.29, 1.82) is 0 Å². The summed E-state index contributed by atoms with van der Waals surface area (Å²) in [6.45, 7) is 8.44. The fraction of sp³-hybridized carbons (Fsp3) is 0.520. The largest absolute Gasteiger partial charge is 0.381 e. The topological polar surface area (TPSA) is 98.4 Å². The van der Waals surface area contributed by atoms with Crippen LogP contribution < -0.4 is 5.73 Å². The van der Waals surface area contributed by atoms with Gasteiger partial charge in [-0.15, -0.1) is 0 Å². The van der Waals surface area contributed by atoms with Gasteiger partial charge in [-0.05, 0) is 52.0 Å². The van der Waals surface area contributed by atoms with Gasteiger partial charge in [0.15, 0.2) is 0 Å². The van der Waals surface area contributed by atoms with Crippen molar-refractivity contribution in [3.8, 4) is 0 Å². The van der Waals surface area contributed by atoms with Crippen molar-refractivity contribution in [1.82, 2.24) is 14.9 Å². The Morgan fingerprint density at radius 2 is 1.81 bits per heavy atom. The van der Waals surface area contributed by atoms with Gasteiger partial charge in [0.2, 0.25) is 5.91 Å². The minimum absolute atomic E-state index is 0.0458. The van der Waals surface area contributed by atoms with Crippen molar-refractivity contribution in [2.24, 2.45) is 5.73 Å². The summed E-state index contributed by atoms with van der Waals surface area (Å²) in [7, 11) is 0. The molecule has 2 amide bonds. The number of aryl methyl sites for hydroxylation is 3. The van der Waals surface area contributed by atoms with E-state index in [1.54, 1.807) is 6.92 Å². The van der Waals surface area contributed by atoms with Gasteiger partial charge in [0.1, 0.15) is 5.82 Å². The Morgan fingerprint density at radius 1 is 1.12 bits per heavy atom. The molecule has 2 aliphatic heterocycles. The number of benzene rings is 1. The summed E-state index contributed by atoms with van der Waals surface area (Å²) >= 11 is 0.